The first kappa shape index (κ1) is 13.1. The molecular weight excluding hydrogens is 232 g/mol. The molecule has 0 bridgehead atoms. The third-order valence-corrected chi connectivity index (χ3v) is 2.90. The fourth-order valence-electron chi connectivity index (χ4n) is 1.65. The van der Waals surface area contributed by atoms with Gasteiger partial charge >= 0.3 is 17.3 Å². The summed E-state index contributed by atoms with van der Waals surface area (Å²) in [5, 5.41) is 0. The lowest BCUT2D eigenvalue weighted by Gasteiger charge is -2.26. The highest BCUT2D eigenvalue weighted by Crippen LogP contribution is 2.28. The van der Waals surface area contributed by atoms with Crippen LogP contribution in [0.3, 0.4) is 0 Å². The SMILES string of the molecule is C=C[C@@H]1CC(C(=O)OC)=CC[C@H]1OS(=O)O. The Morgan fingerprint density at radius 3 is 2.94 bits per heavy atom. The number of carbonyl (C=O) groups excluding carboxylic acids is 1. The quantitative estimate of drug-likeness (QED) is 0.458. The van der Waals surface area contributed by atoms with Gasteiger partial charge in [-0.05, 0) is 12.8 Å². The van der Waals surface area contributed by atoms with Crippen molar-refractivity contribution in [2.24, 2.45) is 5.92 Å². The van der Waals surface area contributed by atoms with E-state index in [0.717, 1.165) is 0 Å². The summed E-state index contributed by atoms with van der Waals surface area (Å²) in [4.78, 5) is 11.3. The first-order chi connectivity index (χ1) is 7.58. The topological polar surface area (TPSA) is 72.8 Å². The number of rotatable bonds is 4. The predicted molar refractivity (Wildman–Crippen MR) is 58.7 cm³/mol. The Labute approximate surface area is 96.6 Å². The Kier molecular flexibility index (Phi) is 4.85. The Morgan fingerprint density at radius 1 is 1.75 bits per heavy atom. The monoisotopic (exact) mass is 246 g/mol. The lowest BCUT2D eigenvalue weighted by molar-refractivity contribution is -0.136. The Morgan fingerprint density at radius 2 is 2.44 bits per heavy atom. The van der Waals surface area contributed by atoms with Gasteiger partial charge in [-0.25, -0.2) is 4.79 Å². The zero-order chi connectivity index (χ0) is 12.1. The van der Waals surface area contributed by atoms with Crippen LogP contribution in [0.5, 0.6) is 0 Å². The molecule has 0 aromatic carbocycles. The van der Waals surface area contributed by atoms with Crippen LogP contribution in [0.25, 0.3) is 0 Å². The summed E-state index contributed by atoms with van der Waals surface area (Å²) < 4.78 is 28.6. The number of hydrogen-bond donors (Lipinski definition) is 1. The molecular formula is C10H14O5S. The van der Waals surface area contributed by atoms with Crippen LogP contribution in [0.4, 0.5) is 0 Å². The van der Waals surface area contributed by atoms with E-state index in [2.05, 4.69) is 11.3 Å². The van der Waals surface area contributed by atoms with Crippen molar-refractivity contribution in [3.63, 3.8) is 0 Å². The van der Waals surface area contributed by atoms with Gasteiger partial charge in [-0.1, -0.05) is 12.2 Å². The minimum absolute atomic E-state index is 0.157. The molecule has 0 aromatic heterocycles. The van der Waals surface area contributed by atoms with E-state index in [1.807, 2.05) is 0 Å². The van der Waals surface area contributed by atoms with Crippen LogP contribution in [0, 0.1) is 5.92 Å². The molecule has 90 valence electrons. The number of methoxy groups -OCH3 is 1. The van der Waals surface area contributed by atoms with Gasteiger partial charge in [0.05, 0.1) is 13.2 Å². The molecule has 0 saturated carbocycles. The highest BCUT2D eigenvalue weighted by molar-refractivity contribution is 7.74. The lowest BCUT2D eigenvalue weighted by Crippen LogP contribution is -2.28. The van der Waals surface area contributed by atoms with Crippen LogP contribution in [-0.2, 0) is 25.1 Å². The Balaban J connectivity index is 2.73. The molecule has 16 heavy (non-hydrogen) atoms. The van der Waals surface area contributed by atoms with E-state index in [1.54, 1.807) is 12.2 Å². The summed E-state index contributed by atoms with van der Waals surface area (Å²) >= 11 is -2.30. The second kappa shape index (κ2) is 5.93. The lowest BCUT2D eigenvalue weighted by atomic mass is 9.86. The number of ether oxygens (including phenoxy) is 1. The van der Waals surface area contributed by atoms with E-state index in [9.17, 15) is 9.00 Å². The highest BCUT2D eigenvalue weighted by atomic mass is 32.2. The van der Waals surface area contributed by atoms with Gasteiger partial charge in [-0.15, -0.1) is 6.58 Å². The predicted octanol–water partition coefficient (Wildman–Crippen LogP) is 1.20. The van der Waals surface area contributed by atoms with Crippen molar-refractivity contribution in [2.45, 2.75) is 18.9 Å². The fraction of sp³-hybridized carbons (Fsp3) is 0.500. The van der Waals surface area contributed by atoms with E-state index >= 15 is 0 Å². The van der Waals surface area contributed by atoms with Crippen LogP contribution in [0.2, 0.25) is 0 Å². The van der Waals surface area contributed by atoms with Gasteiger partial charge in [0.1, 0.15) is 0 Å². The zero-order valence-electron chi connectivity index (χ0n) is 8.92. The normalized spacial score (nSPS) is 26.8. The largest absolute Gasteiger partial charge is 0.466 e. The molecule has 0 spiro atoms. The van der Waals surface area contributed by atoms with Crippen molar-refractivity contribution in [2.75, 3.05) is 7.11 Å². The average Bonchev–Trinajstić information content (AvgIpc) is 2.27. The zero-order valence-corrected chi connectivity index (χ0v) is 9.74. The third kappa shape index (κ3) is 3.26. The molecule has 0 heterocycles. The summed E-state index contributed by atoms with van der Waals surface area (Å²) in [5.74, 6) is -0.536. The average molecular weight is 246 g/mol. The summed E-state index contributed by atoms with van der Waals surface area (Å²) in [6.07, 6.45) is 3.68. The Bertz CT molecular complexity index is 336. The van der Waals surface area contributed by atoms with Crippen molar-refractivity contribution in [3.05, 3.63) is 24.3 Å². The van der Waals surface area contributed by atoms with Crippen LogP contribution in [-0.4, -0.2) is 27.9 Å². The first-order valence-corrected chi connectivity index (χ1v) is 5.79. The van der Waals surface area contributed by atoms with Crippen LogP contribution < -0.4 is 0 Å². The number of esters is 1. The number of hydrogen-bond acceptors (Lipinski definition) is 4. The molecule has 0 amide bonds. The fourth-order valence-corrected chi connectivity index (χ4v) is 2.08. The van der Waals surface area contributed by atoms with Gasteiger partial charge in [0.15, 0.2) is 0 Å². The molecule has 0 radical (unpaired) electrons. The summed E-state index contributed by atoms with van der Waals surface area (Å²) in [6.45, 7) is 3.62. The van der Waals surface area contributed by atoms with Crippen LogP contribution in [0.1, 0.15) is 12.8 Å². The van der Waals surface area contributed by atoms with Crippen molar-refractivity contribution in [1.29, 1.82) is 0 Å². The van der Waals surface area contributed by atoms with Gasteiger partial charge < -0.3 is 4.74 Å². The molecule has 5 nitrogen and oxygen atoms in total. The third-order valence-electron chi connectivity index (χ3n) is 2.49. The van der Waals surface area contributed by atoms with Crippen molar-refractivity contribution >= 4 is 17.3 Å². The molecule has 0 fully saturated rings. The molecule has 1 rings (SSSR count). The summed E-state index contributed by atoms with van der Waals surface area (Å²) in [6, 6.07) is 0. The van der Waals surface area contributed by atoms with E-state index in [-0.39, 0.29) is 11.9 Å². The summed E-state index contributed by atoms with van der Waals surface area (Å²) in [7, 11) is 1.32. The molecule has 3 atom stereocenters. The molecule has 1 unspecified atom stereocenters. The van der Waals surface area contributed by atoms with E-state index < -0.39 is 17.5 Å². The maximum absolute atomic E-state index is 11.3. The minimum atomic E-state index is -2.30. The van der Waals surface area contributed by atoms with Gasteiger partial charge in [0, 0.05) is 11.5 Å². The van der Waals surface area contributed by atoms with Crippen molar-refractivity contribution < 1.29 is 22.5 Å². The van der Waals surface area contributed by atoms with Gasteiger partial charge in [-0.3, -0.25) is 8.74 Å². The van der Waals surface area contributed by atoms with Crippen LogP contribution in [0.15, 0.2) is 24.3 Å². The van der Waals surface area contributed by atoms with Gasteiger partial charge in [0.2, 0.25) is 0 Å². The molecule has 1 N–H and O–H groups in total. The molecule has 1 aliphatic rings. The van der Waals surface area contributed by atoms with E-state index in [4.69, 9.17) is 8.74 Å². The molecule has 0 aliphatic heterocycles. The maximum atomic E-state index is 11.3. The Hall–Kier alpha value is -0.980. The van der Waals surface area contributed by atoms with Crippen molar-refractivity contribution in [3.8, 4) is 0 Å². The molecule has 1 aliphatic carbocycles. The second-order valence-corrected chi connectivity index (χ2v) is 4.04. The molecule has 6 heteroatoms. The van der Waals surface area contributed by atoms with Gasteiger partial charge in [0.25, 0.3) is 0 Å². The second-order valence-electron chi connectivity index (χ2n) is 3.41. The standard InChI is InChI=1S/C10H14O5S/c1-3-7-6-8(10(11)14-2)4-5-9(7)15-16(12)13/h3-4,7,9H,1,5-6H2,2H3,(H,12,13)/t7-,9-/m1/s1. The van der Waals surface area contributed by atoms with Gasteiger partial charge in [-0.2, -0.15) is 4.21 Å². The smallest absolute Gasteiger partial charge is 0.333 e. The van der Waals surface area contributed by atoms with Crippen molar-refractivity contribution in [1.82, 2.24) is 0 Å². The van der Waals surface area contributed by atoms with Crippen LogP contribution >= 0.6 is 0 Å². The maximum Gasteiger partial charge on any atom is 0.333 e. The summed E-state index contributed by atoms with van der Waals surface area (Å²) in [5.41, 5.74) is 0.552. The molecule has 0 saturated heterocycles. The first-order valence-electron chi connectivity index (χ1n) is 4.76. The minimum Gasteiger partial charge on any atom is -0.466 e. The molecule has 0 aromatic rings. The highest BCUT2D eigenvalue weighted by Gasteiger charge is 2.28. The number of carbonyl (C=O) groups is 1. The van der Waals surface area contributed by atoms with E-state index in [0.29, 0.717) is 18.4 Å². The van der Waals surface area contributed by atoms with E-state index in [1.165, 1.54) is 7.11 Å².